The van der Waals surface area contributed by atoms with Crippen LogP contribution in [0, 0.1) is 10.1 Å². The minimum atomic E-state index is -5.31. The molecular weight excluding hydrogens is 376 g/mol. The van der Waals surface area contributed by atoms with Crippen LogP contribution in [0.4, 0.5) is 0 Å². The third-order valence-electron chi connectivity index (χ3n) is 0.194. The Morgan fingerprint density at radius 3 is 1.19 bits per heavy atom. The van der Waals surface area contributed by atoms with Gasteiger partial charge in [0.1, 0.15) is 0 Å². The minimum absolute atomic E-state index is 0. The zero-order chi connectivity index (χ0) is 12.0. The first kappa shape index (κ1) is 24.7. The van der Waals surface area contributed by atoms with Gasteiger partial charge in [-0.05, 0) is 0 Å². The molecule has 13 nitrogen and oxygen atoms in total. The van der Waals surface area contributed by atoms with Crippen molar-refractivity contribution < 1.29 is 67.3 Å². The molecule has 0 amide bonds. The smallest absolute Gasteiger partial charge is 0.724 e. The van der Waals surface area contributed by atoms with Crippen molar-refractivity contribution >= 4 is 20.8 Å². The molecule has 0 atom stereocenters. The molecule has 0 aliphatic rings. The minimum Gasteiger partial charge on any atom is -0.724 e. The molecule has 0 saturated carbocycles. The summed E-state index contributed by atoms with van der Waals surface area (Å²) in [6.45, 7) is 0. The summed E-state index contributed by atoms with van der Waals surface area (Å²) in [6, 6.07) is 0. The second-order valence-corrected chi connectivity index (χ2v) is 3.10. The summed E-state index contributed by atoms with van der Waals surface area (Å²) in [5.41, 5.74) is 0. The summed E-state index contributed by atoms with van der Waals surface area (Å²) in [5.74, 6) is 0. The van der Waals surface area contributed by atoms with Gasteiger partial charge in [-0.25, -0.2) is 16.8 Å². The zero-order valence-corrected chi connectivity index (χ0v) is 9.92. The van der Waals surface area contributed by atoms with Gasteiger partial charge in [-0.1, -0.05) is 0 Å². The Morgan fingerprint density at radius 1 is 1.00 bits per heavy atom. The second kappa shape index (κ2) is 9.84. The van der Waals surface area contributed by atoms with Crippen molar-refractivity contribution in [3.63, 3.8) is 0 Å². The fraction of sp³-hybridized carbons (Fsp3) is 0. The molecule has 0 saturated heterocycles. The fourth-order valence-electron chi connectivity index (χ4n) is 0.0680. The van der Waals surface area contributed by atoms with Crippen molar-refractivity contribution in [3.05, 3.63) is 10.1 Å². The van der Waals surface area contributed by atoms with Gasteiger partial charge in [-0.3, -0.25) is 0 Å². The second-order valence-electron chi connectivity index (χ2n) is 1.19. The standard InChI is InChI=1S/Ag.HNO3.H3N.H2O8S2/c;2-1(3)4;;1-9(2,3)7-8-10(4,5)6/h;(H,2,3,4);1H3;(H,1,2,3)(H,4,5,6)/q+2;;;/p-2. The van der Waals surface area contributed by atoms with Crippen LogP contribution in [0.3, 0.4) is 0 Å². The quantitative estimate of drug-likeness (QED) is 0.131. The summed E-state index contributed by atoms with van der Waals surface area (Å²) in [5, 5.41) is 13.6. The van der Waals surface area contributed by atoms with E-state index in [1.54, 1.807) is 0 Å². The van der Waals surface area contributed by atoms with Crippen LogP contribution < -0.4 is 6.15 Å². The molecule has 16 heteroatoms. The van der Waals surface area contributed by atoms with Crippen LogP contribution in [0.15, 0.2) is 0 Å². The van der Waals surface area contributed by atoms with Crippen molar-refractivity contribution in [1.82, 2.24) is 6.15 Å². The molecule has 0 spiro atoms. The normalized spacial score (nSPS) is 9.88. The first-order chi connectivity index (χ1) is 5.94. The van der Waals surface area contributed by atoms with E-state index >= 15 is 0 Å². The van der Waals surface area contributed by atoms with E-state index in [0.29, 0.717) is 0 Å². The summed E-state index contributed by atoms with van der Waals surface area (Å²) in [7, 11) is -10.6. The van der Waals surface area contributed by atoms with Crippen molar-refractivity contribution in [2.75, 3.05) is 0 Å². The van der Waals surface area contributed by atoms with E-state index in [9.17, 15) is 25.9 Å². The van der Waals surface area contributed by atoms with E-state index in [2.05, 4.69) is 8.67 Å². The molecule has 1 radical (unpaired) electrons. The van der Waals surface area contributed by atoms with Gasteiger partial charge in [-0.2, -0.15) is 0 Å². The topological polar surface area (TPSA) is 231 Å². The van der Waals surface area contributed by atoms with Crippen LogP contribution in [-0.4, -0.2) is 36.2 Å². The summed E-state index contributed by atoms with van der Waals surface area (Å²) >= 11 is 0. The summed E-state index contributed by atoms with van der Waals surface area (Å²) in [4.78, 5) is 8.36. The largest absolute Gasteiger partial charge is 2.00 e. The van der Waals surface area contributed by atoms with E-state index in [4.69, 9.17) is 15.3 Å². The maximum atomic E-state index is 9.37. The molecular formula is H4AgN2O11S2. The van der Waals surface area contributed by atoms with Crippen LogP contribution >= 0.6 is 0 Å². The number of rotatable bonds is 3. The Balaban J connectivity index is -0.000000105. The van der Waals surface area contributed by atoms with Gasteiger partial charge >= 0.3 is 22.4 Å². The average molecular weight is 380 g/mol. The number of hydrogen-bond acceptors (Lipinski definition) is 11. The van der Waals surface area contributed by atoms with E-state index in [-0.39, 0.29) is 28.5 Å². The Bertz CT molecular complexity index is 329. The van der Waals surface area contributed by atoms with Crippen LogP contribution in [-0.2, 0) is 51.8 Å². The Kier molecular flexibility index (Phi) is 15.2. The molecule has 4 N–H and O–H groups in total. The summed E-state index contributed by atoms with van der Waals surface area (Å²) in [6.07, 6.45) is 0. The maximum absolute atomic E-state index is 9.37. The third-order valence-corrected chi connectivity index (χ3v) is 0.750. The molecule has 0 aromatic heterocycles. The molecule has 0 unspecified atom stereocenters. The van der Waals surface area contributed by atoms with E-state index in [1.165, 1.54) is 0 Å². The van der Waals surface area contributed by atoms with Gasteiger partial charge in [0.05, 0.1) is 0 Å². The Hall–Kier alpha value is -0.360. The average Bonchev–Trinajstić information content (AvgIpc) is 1.79. The molecule has 0 bridgehead atoms. The predicted octanol–water partition coefficient (Wildman–Crippen LogP) is -2.33. The van der Waals surface area contributed by atoms with Gasteiger partial charge < -0.3 is 20.5 Å². The first-order valence-electron chi connectivity index (χ1n) is 2.07. The van der Waals surface area contributed by atoms with Crippen LogP contribution in [0.5, 0.6) is 0 Å². The Morgan fingerprint density at radius 2 is 1.12 bits per heavy atom. The monoisotopic (exact) mass is 379 g/mol. The molecule has 0 aliphatic heterocycles. The molecule has 16 heavy (non-hydrogen) atoms. The number of nitrogens with zero attached hydrogens (tertiary/aromatic N) is 1. The first-order valence-corrected chi connectivity index (χ1v) is 4.73. The van der Waals surface area contributed by atoms with E-state index < -0.39 is 25.9 Å². The zero-order valence-electron chi connectivity index (χ0n) is 6.80. The van der Waals surface area contributed by atoms with Crippen LogP contribution in [0.25, 0.3) is 0 Å². The van der Waals surface area contributed by atoms with Crippen molar-refractivity contribution in [2.24, 2.45) is 0 Å². The van der Waals surface area contributed by atoms with E-state index in [0.717, 1.165) is 0 Å². The molecule has 0 aromatic carbocycles. The van der Waals surface area contributed by atoms with Crippen LogP contribution in [0.2, 0.25) is 0 Å². The molecule has 0 heterocycles. The fourth-order valence-corrected chi connectivity index (χ4v) is 0.612. The van der Waals surface area contributed by atoms with Crippen LogP contribution in [0.1, 0.15) is 0 Å². The molecule has 0 aromatic rings. The van der Waals surface area contributed by atoms with Gasteiger partial charge in [0.25, 0.3) is 5.09 Å². The van der Waals surface area contributed by atoms with Gasteiger partial charge in [0, 0.05) is 0 Å². The molecule has 0 rings (SSSR count). The van der Waals surface area contributed by atoms with Gasteiger partial charge in [0.15, 0.2) is 0 Å². The maximum Gasteiger partial charge on any atom is 2.00 e. The predicted molar refractivity (Wildman–Crippen MR) is 35.4 cm³/mol. The van der Waals surface area contributed by atoms with Crippen molar-refractivity contribution in [3.8, 4) is 0 Å². The SMILES string of the molecule is N.O=S(=O)([O-])OOS(=O)(=O)[O-].O=[N+]([O-])O.[Ag+2]. The van der Waals surface area contributed by atoms with Gasteiger partial charge in [-0.15, -0.1) is 18.8 Å². The van der Waals surface area contributed by atoms with Crippen molar-refractivity contribution in [2.45, 2.75) is 0 Å². The van der Waals surface area contributed by atoms with Gasteiger partial charge in [0.2, 0.25) is 20.8 Å². The summed E-state index contributed by atoms with van der Waals surface area (Å²) < 4.78 is 61.5. The molecule has 0 aliphatic carbocycles. The van der Waals surface area contributed by atoms with E-state index in [1.807, 2.05) is 0 Å². The third kappa shape index (κ3) is 49.4. The number of hydrogen-bond donors (Lipinski definition) is 2. The molecule has 103 valence electrons. The Labute approximate surface area is 104 Å². The van der Waals surface area contributed by atoms with Crippen molar-refractivity contribution in [1.29, 1.82) is 0 Å². The molecule has 0 fully saturated rings.